The summed E-state index contributed by atoms with van der Waals surface area (Å²) in [7, 11) is 1.83. The van der Waals surface area contributed by atoms with Gasteiger partial charge in [-0.05, 0) is 73.1 Å². The SMILES string of the molecule is COC1C[C@H]2CC[C@@H](C1)N2C[C@@]1(C)C=NC1COc1nc(N2CC3CCC(C2)N3)c2cc(Cl)c(-c3cc(O)cc4ccccc34)c(F)c2n1. The molecule has 0 spiro atoms. The highest BCUT2D eigenvalue weighted by atomic mass is 35.5. The maximum absolute atomic E-state index is 17.0. The molecular formula is C38H42ClFN6O3. The summed E-state index contributed by atoms with van der Waals surface area (Å²) >= 11 is 6.93. The summed E-state index contributed by atoms with van der Waals surface area (Å²) in [6, 6.07) is 14.4. The van der Waals surface area contributed by atoms with Crippen molar-refractivity contribution >= 4 is 45.3 Å². The van der Waals surface area contributed by atoms with E-state index in [2.05, 4.69) is 28.3 Å². The number of ether oxygens (including phenoxy) is 2. The van der Waals surface area contributed by atoms with Gasteiger partial charge in [-0.3, -0.25) is 9.89 Å². The van der Waals surface area contributed by atoms with Crippen molar-refractivity contribution in [2.45, 2.75) is 81.8 Å². The maximum atomic E-state index is 17.0. The molecule has 3 aromatic carbocycles. The van der Waals surface area contributed by atoms with E-state index >= 15 is 4.39 Å². The van der Waals surface area contributed by atoms with Crippen molar-refractivity contribution in [2.75, 3.05) is 38.3 Å². The quantitative estimate of drug-likeness (QED) is 0.221. The fourth-order valence-corrected chi connectivity index (χ4v) is 9.51. The number of aromatic hydroxyl groups is 1. The number of hydrogen-bond donors (Lipinski definition) is 2. The largest absolute Gasteiger partial charge is 0.508 e. The van der Waals surface area contributed by atoms with Crippen molar-refractivity contribution in [1.82, 2.24) is 20.2 Å². The predicted molar refractivity (Wildman–Crippen MR) is 191 cm³/mol. The zero-order chi connectivity index (χ0) is 33.4. The lowest BCUT2D eigenvalue weighted by molar-refractivity contribution is -0.00805. The molecule has 0 radical (unpaired) electrons. The van der Waals surface area contributed by atoms with Crippen LogP contribution in [0, 0.1) is 11.2 Å². The Morgan fingerprint density at radius 2 is 1.78 bits per heavy atom. The molecule has 4 aromatic rings. The summed E-state index contributed by atoms with van der Waals surface area (Å²) in [5.41, 5.74) is 0.710. The fourth-order valence-electron chi connectivity index (χ4n) is 9.22. The number of nitrogens with zero attached hydrogens (tertiary/aromatic N) is 5. The van der Waals surface area contributed by atoms with E-state index in [0.29, 0.717) is 53.6 Å². The van der Waals surface area contributed by atoms with Crippen LogP contribution in [-0.4, -0.2) is 95.9 Å². The standard InChI is InChI=1S/C38H42ClFN6O3/c1-38(20-46-24-9-10-25(46)13-27(12-24)48-2)19-41-32(38)18-49-37-43-35-30(36(44-37)45-16-22-7-8-23(17-45)42-22)15-31(39)33(34(35)40)29-14-26(47)11-21-5-3-4-6-28(21)29/h3-6,11,14-15,19,22-25,27,32,42,47H,7-10,12-13,16-18,20H2,1-2H3/t22?,23?,24-,25+,27?,32?,38-/m1/s1. The van der Waals surface area contributed by atoms with Crippen molar-refractivity contribution in [1.29, 1.82) is 0 Å². The van der Waals surface area contributed by atoms with Gasteiger partial charge >= 0.3 is 6.01 Å². The van der Waals surface area contributed by atoms with Crippen molar-refractivity contribution in [3.8, 4) is 22.9 Å². The number of aromatic nitrogens is 2. The van der Waals surface area contributed by atoms with Gasteiger partial charge in [-0.25, -0.2) is 4.39 Å². The van der Waals surface area contributed by atoms with Crippen LogP contribution in [0.1, 0.15) is 45.4 Å². The Morgan fingerprint density at radius 3 is 2.49 bits per heavy atom. The molecule has 5 aliphatic rings. The number of phenolic OH excluding ortho intramolecular Hbond substituents is 1. The Hall–Kier alpha value is -3.57. The molecule has 4 bridgehead atoms. The van der Waals surface area contributed by atoms with Crippen LogP contribution in [0.5, 0.6) is 11.8 Å². The van der Waals surface area contributed by atoms with E-state index in [4.69, 9.17) is 36.0 Å². The number of benzene rings is 3. The first-order valence-electron chi connectivity index (χ1n) is 17.6. The Balaban J connectivity index is 1.06. The summed E-state index contributed by atoms with van der Waals surface area (Å²) in [4.78, 5) is 19.3. The first-order valence-corrected chi connectivity index (χ1v) is 18.0. The van der Waals surface area contributed by atoms with E-state index in [-0.39, 0.29) is 39.3 Å². The lowest BCUT2D eigenvalue weighted by atomic mass is 9.77. The third-order valence-electron chi connectivity index (χ3n) is 11.9. The van der Waals surface area contributed by atoms with Gasteiger partial charge in [0.05, 0.1) is 17.2 Å². The number of rotatable bonds is 8. The number of anilines is 1. The molecular weight excluding hydrogens is 643 g/mol. The molecule has 7 atom stereocenters. The molecule has 4 unspecified atom stereocenters. The third-order valence-corrected chi connectivity index (χ3v) is 12.2. The number of piperazine rings is 1. The number of fused-ring (bicyclic) bond motifs is 6. The van der Waals surface area contributed by atoms with Crippen molar-refractivity contribution in [3.05, 3.63) is 53.3 Å². The Labute approximate surface area is 290 Å². The lowest BCUT2D eigenvalue weighted by Gasteiger charge is -2.46. The van der Waals surface area contributed by atoms with E-state index in [9.17, 15) is 5.11 Å². The summed E-state index contributed by atoms with van der Waals surface area (Å²) in [5.74, 6) is 0.100. The van der Waals surface area contributed by atoms with Gasteiger partial charge < -0.3 is 24.8 Å². The number of phenols is 1. The Kier molecular flexibility index (Phi) is 7.72. The van der Waals surface area contributed by atoms with Crippen molar-refractivity contribution in [2.24, 2.45) is 10.4 Å². The van der Waals surface area contributed by atoms with Crippen molar-refractivity contribution in [3.63, 3.8) is 0 Å². The Bertz CT molecular complexity index is 1950. The molecule has 9 rings (SSSR count). The van der Waals surface area contributed by atoms with Gasteiger partial charge in [0.15, 0.2) is 5.82 Å². The minimum atomic E-state index is -0.564. The molecule has 0 aliphatic carbocycles. The Morgan fingerprint density at radius 1 is 1.02 bits per heavy atom. The van der Waals surface area contributed by atoms with E-state index in [1.807, 2.05) is 31.4 Å². The summed E-state index contributed by atoms with van der Waals surface area (Å²) in [5, 5.41) is 16.6. The molecule has 4 fully saturated rings. The average molecular weight is 685 g/mol. The van der Waals surface area contributed by atoms with Crippen LogP contribution in [0.2, 0.25) is 5.02 Å². The van der Waals surface area contributed by atoms with E-state index in [0.717, 1.165) is 56.1 Å². The topological polar surface area (TPSA) is 95.3 Å². The minimum Gasteiger partial charge on any atom is -0.508 e. The second-order valence-corrected chi connectivity index (χ2v) is 15.4. The van der Waals surface area contributed by atoms with Gasteiger partial charge in [0.1, 0.15) is 23.7 Å². The molecule has 49 heavy (non-hydrogen) atoms. The van der Waals surface area contributed by atoms with Crippen LogP contribution in [0.25, 0.3) is 32.8 Å². The third kappa shape index (κ3) is 5.42. The van der Waals surface area contributed by atoms with Gasteiger partial charge in [-0.15, -0.1) is 0 Å². The lowest BCUT2D eigenvalue weighted by Crippen LogP contribution is -2.56. The smallest absolute Gasteiger partial charge is 0.319 e. The number of nitrogens with one attached hydrogen (secondary N) is 1. The van der Waals surface area contributed by atoms with Crippen LogP contribution in [0.15, 0.2) is 47.5 Å². The highest BCUT2D eigenvalue weighted by Gasteiger charge is 2.48. The molecule has 6 heterocycles. The first-order chi connectivity index (χ1) is 23.8. The number of piperidine rings is 1. The number of hydrogen-bond acceptors (Lipinski definition) is 9. The van der Waals surface area contributed by atoms with Gasteiger partial charge in [0.2, 0.25) is 0 Å². The highest BCUT2D eigenvalue weighted by molar-refractivity contribution is 6.35. The maximum Gasteiger partial charge on any atom is 0.319 e. The molecule has 1 aromatic heterocycles. The van der Waals surface area contributed by atoms with Gasteiger partial charge in [0.25, 0.3) is 0 Å². The van der Waals surface area contributed by atoms with Crippen LogP contribution < -0.4 is 15.0 Å². The van der Waals surface area contributed by atoms with Crippen LogP contribution in [0.4, 0.5) is 10.2 Å². The fraction of sp³-hybridized carbons (Fsp3) is 0.500. The molecule has 9 nitrogen and oxygen atoms in total. The number of aliphatic imine (C=N–C) groups is 1. The molecule has 2 N–H and O–H groups in total. The number of halogens is 2. The van der Waals surface area contributed by atoms with E-state index in [1.54, 1.807) is 18.2 Å². The predicted octanol–water partition coefficient (Wildman–Crippen LogP) is 6.37. The second kappa shape index (κ2) is 12.0. The van der Waals surface area contributed by atoms with Crippen LogP contribution in [0.3, 0.4) is 0 Å². The van der Waals surface area contributed by atoms with Crippen molar-refractivity contribution < 1.29 is 19.0 Å². The van der Waals surface area contributed by atoms with E-state index < -0.39 is 5.82 Å². The van der Waals surface area contributed by atoms with Gasteiger partial charge in [-0.1, -0.05) is 42.8 Å². The van der Waals surface area contributed by atoms with Gasteiger partial charge in [-0.2, -0.15) is 9.97 Å². The molecule has 11 heteroatoms. The summed E-state index contributed by atoms with van der Waals surface area (Å²) < 4.78 is 29.1. The monoisotopic (exact) mass is 684 g/mol. The van der Waals surface area contributed by atoms with E-state index in [1.165, 1.54) is 12.8 Å². The zero-order valence-electron chi connectivity index (χ0n) is 27.9. The first kappa shape index (κ1) is 31.4. The van der Waals surface area contributed by atoms with Gasteiger partial charge in [0, 0.05) is 73.5 Å². The summed E-state index contributed by atoms with van der Waals surface area (Å²) in [6.07, 6.45) is 9.22. The van der Waals surface area contributed by atoms with Crippen LogP contribution >= 0.6 is 11.6 Å². The highest BCUT2D eigenvalue weighted by Crippen LogP contribution is 2.44. The molecule has 5 aliphatic heterocycles. The molecule has 256 valence electrons. The molecule has 0 saturated carbocycles. The molecule has 0 amide bonds. The molecule has 4 saturated heterocycles. The number of methoxy groups -OCH3 is 1. The normalized spacial score (nSPS) is 30.7. The summed E-state index contributed by atoms with van der Waals surface area (Å²) in [6.45, 7) is 5.00. The minimum absolute atomic E-state index is 0.0353. The van der Waals surface area contributed by atoms with Crippen LogP contribution in [-0.2, 0) is 4.74 Å². The second-order valence-electron chi connectivity index (χ2n) is 15.0. The average Bonchev–Trinajstić information content (AvgIpc) is 3.53. The zero-order valence-corrected chi connectivity index (χ0v) is 28.7.